The van der Waals surface area contributed by atoms with Crippen molar-refractivity contribution < 1.29 is 9.18 Å². The standard InChI is InChI=1S/C25H29FN6O/c1-16-21-10-11-23(33)32(14-18-6-8-20(26)9-7-18)25(21)29-24(28-16)22-5-4-12-31(22)15-19-13-27-30(3)17(19)2/h6-9,13,22H,4-5,10-12,14-15H2,1-3H3/t22-/m1/s1. The van der Waals surface area contributed by atoms with Crippen molar-refractivity contribution in [2.24, 2.45) is 7.05 Å². The van der Waals surface area contributed by atoms with Gasteiger partial charge in [0, 0.05) is 42.5 Å². The minimum Gasteiger partial charge on any atom is -0.292 e. The van der Waals surface area contributed by atoms with Gasteiger partial charge in [0.25, 0.3) is 0 Å². The van der Waals surface area contributed by atoms with Crippen LogP contribution >= 0.6 is 0 Å². The first-order chi connectivity index (χ1) is 15.9. The molecule has 33 heavy (non-hydrogen) atoms. The number of carbonyl (C=O) groups is 1. The topological polar surface area (TPSA) is 67.2 Å². The Bertz CT molecular complexity index is 1190. The normalized spacial score (nSPS) is 18.7. The molecule has 1 aromatic carbocycles. The third-order valence-electron chi connectivity index (χ3n) is 6.98. The molecule has 3 aromatic rings. The van der Waals surface area contributed by atoms with E-state index in [9.17, 15) is 9.18 Å². The largest absolute Gasteiger partial charge is 0.292 e. The molecule has 8 heteroatoms. The molecule has 0 saturated carbocycles. The number of benzene rings is 1. The number of amides is 1. The van der Waals surface area contributed by atoms with Crippen LogP contribution in [0.3, 0.4) is 0 Å². The fourth-order valence-electron chi connectivity index (χ4n) is 4.91. The number of halogens is 1. The second kappa shape index (κ2) is 8.67. The average Bonchev–Trinajstić information content (AvgIpc) is 3.39. The van der Waals surface area contributed by atoms with Crippen molar-refractivity contribution in [2.75, 3.05) is 11.4 Å². The van der Waals surface area contributed by atoms with Crippen LogP contribution < -0.4 is 4.90 Å². The predicted octanol–water partition coefficient (Wildman–Crippen LogP) is 3.78. The van der Waals surface area contributed by atoms with Crippen LogP contribution in [-0.4, -0.2) is 37.1 Å². The fraction of sp³-hybridized carbons (Fsp3) is 0.440. The van der Waals surface area contributed by atoms with E-state index in [2.05, 4.69) is 16.9 Å². The SMILES string of the molecule is Cc1nc([C@H]2CCCN2Cc2cnn(C)c2C)nc2c1CCC(=O)N2Cc1ccc(F)cc1. The Morgan fingerprint density at radius 3 is 2.61 bits per heavy atom. The van der Waals surface area contributed by atoms with E-state index in [4.69, 9.17) is 9.97 Å². The van der Waals surface area contributed by atoms with Crippen LogP contribution in [0.15, 0.2) is 30.5 Å². The summed E-state index contributed by atoms with van der Waals surface area (Å²) in [5.74, 6) is 1.26. The summed E-state index contributed by atoms with van der Waals surface area (Å²) in [6.45, 7) is 6.27. The highest BCUT2D eigenvalue weighted by molar-refractivity contribution is 5.95. The Morgan fingerprint density at radius 1 is 1.09 bits per heavy atom. The third kappa shape index (κ3) is 4.15. The maximum atomic E-state index is 13.4. The van der Waals surface area contributed by atoms with Crippen molar-refractivity contribution in [3.8, 4) is 0 Å². The molecule has 1 atom stereocenters. The number of aromatic nitrogens is 4. The minimum atomic E-state index is -0.283. The number of carbonyl (C=O) groups excluding carboxylic acids is 1. The number of hydrogen-bond acceptors (Lipinski definition) is 5. The molecule has 0 N–H and O–H groups in total. The molecule has 172 valence electrons. The molecule has 1 fully saturated rings. The Labute approximate surface area is 193 Å². The van der Waals surface area contributed by atoms with Gasteiger partial charge < -0.3 is 0 Å². The van der Waals surface area contributed by atoms with Crippen molar-refractivity contribution in [1.29, 1.82) is 0 Å². The summed E-state index contributed by atoms with van der Waals surface area (Å²) >= 11 is 0. The number of rotatable bonds is 5. The molecule has 1 amide bonds. The molecule has 0 radical (unpaired) electrons. The lowest BCUT2D eigenvalue weighted by atomic mass is 10.0. The van der Waals surface area contributed by atoms with Gasteiger partial charge in [-0.3, -0.25) is 19.3 Å². The highest BCUT2D eigenvalue weighted by Crippen LogP contribution is 2.36. The number of nitrogens with zero attached hydrogens (tertiary/aromatic N) is 6. The van der Waals surface area contributed by atoms with E-state index in [0.29, 0.717) is 25.2 Å². The van der Waals surface area contributed by atoms with Crippen LogP contribution in [0.2, 0.25) is 0 Å². The van der Waals surface area contributed by atoms with Gasteiger partial charge >= 0.3 is 0 Å². The molecule has 0 aliphatic carbocycles. The molecule has 2 aliphatic heterocycles. The molecule has 5 rings (SSSR count). The van der Waals surface area contributed by atoms with E-state index in [1.807, 2.05) is 24.9 Å². The lowest BCUT2D eigenvalue weighted by Crippen LogP contribution is -2.37. The first-order valence-corrected chi connectivity index (χ1v) is 11.5. The van der Waals surface area contributed by atoms with Crippen molar-refractivity contribution in [1.82, 2.24) is 24.6 Å². The summed E-state index contributed by atoms with van der Waals surface area (Å²) in [4.78, 5) is 26.9. The molecule has 0 bridgehead atoms. The molecule has 0 unspecified atom stereocenters. The van der Waals surface area contributed by atoms with Gasteiger partial charge in [-0.15, -0.1) is 0 Å². The monoisotopic (exact) mass is 448 g/mol. The first kappa shape index (κ1) is 21.7. The van der Waals surface area contributed by atoms with Gasteiger partial charge in [0.15, 0.2) is 0 Å². The van der Waals surface area contributed by atoms with Crippen LogP contribution in [0.4, 0.5) is 10.2 Å². The number of anilines is 1. The van der Waals surface area contributed by atoms with Crippen molar-refractivity contribution in [3.63, 3.8) is 0 Å². The Hall–Kier alpha value is -3.13. The number of fused-ring (bicyclic) bond motifs is 1. The van der Waals surface area contributed by atoms with Crippen molar-refractivity contribution in [2.45, 2.75) is 58.7 Å². The van der Waals surface area contributed by atoms with Crippen LogP contribution in [0.5, 0.6) is 0 Å². The lowest BCUT2D eigenvalue weighted by Gasteiger charge is -2.31. The van der Waals surface area contributed by atoms with Gasteiger partial charge in [0.2, 0.25) is 5.91 Å². The van der Waals surface area contributed by atoms with E-state index in [-0.39, 0.29) is 17.8 Å². The quantitative estimate of drug-likeness (QED) is 0.594. The predicted molar refractivity (Wildman–Crippen MR) is 123 cm³/mol. The van der Waals surface area contributed by atoms with Gasteiger partial charge in [0.05, 0.1) is 18.8 Å². The van der Waals surface area contributed by atoms with Gasteiger partial charge in [-0.1, -0.05) is 12.1 Å². The molecule has 7 nitrogen and oxygen atoms in total. The summed E-state index contributed by atoms with van der Waals surface area (Å²) in [6, 6.07) is 6.41. The zero-order chi connectivity index (χ0) is 23.1. The fourth-order valence-corrected chi connectivity index (χ4v) is 4.91. The first-order valence-electron chi connectivity index (χ1n) is 11.5. The summed E-state index contributed by atoms with van der Waals surface area (Å²) in [5, 5.41) is 4.38. The van der Waals surface area contributed by atoms with Crippen LogP contribution in [0.1, 0.15) is 59.2 Å². The second-order valence-electron chi connectivity index (χ2n) is 9.08. The minimum absolute atomic E-state index is 0.0464. The molecule has 0 spiro atoms. The Kier molecular flexibility index (Phi) is 5.70. The van der Waals surface area contributed by atoms with Gasteiger partial charge in [-0.25, -0.2) is 14.4 Å². The molecular formula is C25H29FN6O. The summed E-state index contributed by atoms with van der Waals surface area (Å²) in [6.07, 6.45) is 5.11. The van der Waals surface area contributed by atoms with E-state index < -0.39 is 0 Å². The maximum absolute atomic E-state index is 13.4. The van der Waals surface area contributed by atoms with Gasteiger partial charge in [-0.05, 0) is 57.4 Å². The van der Waals surface area contributed by atoms with E-state index in [1.165, 1.54) is 23.4 Å². The zero-order valence-corrected chi connectivity index (χ0v) is 19.4. The number of aryl methyl sites for hydroxylation is 2. The summed E-state index contributed by atoms with van der Waals surface area (Å²) < 4.78 is 15.3. The zero-order valence-electron chi connectivity index (χ0n) is 19.4. The van der Waals surface area contributed by atoms with Gasteiger partial charge in [-0.2, -0.15) is 5.10 Å². The second-order valence-corrected chi connectivity index (χ2v) is 9.08. The molecule has 2 aromatic heterocycles. The van der Waals surface area contributed by atoms with E-state index in [1.54, 1.807) is 17.0 Å². The maximum Gasteiger partial charge on any atom is 0.228 e. The van der Waals surface area contributed by atoms with Crippen LogP contribution in [-0.2, 0) is 31.4 Å². The van der Waals surface area contributed by atoms with Gasteiger partial charge in [0.1, 0.15) is 17.5 Å². The smallest absolute Gasteiger partial charge is 0.228 e. The highest BCUT2D eigenvalue weighted by Gasteiger charge is 2.33. The van der Waals surface area contributed by atoms with E-state index >= 15 is 0 Å². The average molecular weight is 449 g/mol. The van der Waals surface area contributed by atoms with Crippen LogP contribution in [0.25, 0.3) is 0 Å². The Balaban J connectivity index is 1.46. The molecular weight excluding hydrogens is 419 g/mol. The summed E-state index contributed by atoms with van der Waals surface area (Å²) in [7, 11) is 1.96. The van der Waals surface area contributed by atoms with Crippen molar-refractivity contribution in [3.05, 3.63) is 70.2 Å². The molecule has 1 saturated heterocycles. The van der Waals surface area contributed by atoms with Crippen LogP contribution in [0, 0.1) is 19.7 Å². The molecule has 4 heterocycles. The van der Waals surface area contributed by atoms with Crippen molar-refractivity contribution >= 4 is 11.7 Å². The third-order valence-corrected chi connectivity index (χ3v) is 6.98. The number of likely N-dealkylation sites (tertiary alicyclic amines) is 1. The highest BCUT2D eigenvalue weighted by atomic mass is 19.1. The lowest BCUT2D eigenvalue weighted by molar-refractivity contribution is -0.119. The van der Waals surface area contributed by atoms with E-state index in [0.717, 1.165) is 48.6 Å². The Morgan fingerprint density at radius 2 is 1.88 bits per heavy atom. The number of hydrogen-bond donors (Lipinski definition) is 0. The summed E-state index contributed by atoms with van der Waals surface area (Å²) in [5.41, 5.74) is 5.24. The molecule has 2 aliphatic rings.